The highest BCUT2D eigenvalue weighted by molar-refractivity contribution is 6.05. The molecule has 0 aliphatic heterocycles. The van der Waals surface area contributed by atoms with Crippen LogP contribution in [0.5, 0.6) is 0 Å². The normalized spacial score (nSPS) is 11.1. The van der Waals surface area contributed by atoms with Crippen molar-refractivity contribution >= 4 is 17.9 Å². The summed E-state index contributed by atoms with van der Waals surface area (Å²) >= 11 is 0. The van der Waals surface area contributed by atoms with Crippen molar-refractivity contribution < 1.29 is 14.0 Å². The summed E-state index contributed by atoms with van der Waals surface area (Å²) in [4.78, 5) is 24.6. The largest absolute Gasteiger partial charge is 0.465 e. The number of hydrogen-bond donors (Lipinski definition) is 2. The molecule has 0 aliphatic rings. The van der Waals surface area contributed by atoms with Crippen LogP contribution in [0.15, 0.2) is 52.8 Å². The molecule has 2 N–H and O–H groups in total. The molecule has 1 heterocycles. The van der Waals surface area contributed by atoms with Crippen LogP contribution in [0.25, 0.3) is 6.08 Å². The number of benzene rings is 1. The molecule has 1 aromatic carbocycles. The zero-order chi connectivity index (χ0) is 16.7. The van der Waals surface area contributed by atoms with Gasteiger partial charge in [0.25, 0.3) is 11.8 Å². The van der Waals surface area contributed by atoms with Crippen molar-refractivity contribution in [3.63, 3.8) is 0 Å². The number of carbonyl (C=O) groups is 2. The fourth-order valence-corrected chi connectivity index (χ4v) is 1.99. The van der Waals surface area contributed by atoms with E-state index in [9.17, 15) is 9.59 Å². The third-order valence-electron chi connectivity index (χ3n) is 3.14. The van der Waals surface area contributed by atoms with Crippen molar-refractivity contribution in [2.45, 2.75) is 20.3 Å². The number of hydrogen-bond acceptors (Lipinski definition) is 3. The van der Waals surface area contributed by atoms with Crippen LogP contribution in [0, 0.1) is 6.92 Å². The Morgan fingerprint density at radius 3 is 2.70 bits per heavy atom. The molecule has 0 aliphatic carbocycles. The minimum absolute atomic E-state index is 0.153. The summed E-state index contributed by atoms with van der Waals surface area (Å²) in [5, 5.41) is 5.41. The maximum atomic E-state index is 12.4. The second-order valence-corrected chi connectivity index (χ2v) is 5.15. The first-order chi connectivity index (χ1) is 11.1. The predicted octanol–water partition coefficient (Wildman–Crippen LogP) is 2.89. The lowest BCUT2D eigenvalue weighted by atomic mass is 10.1. The second-order valence-electron chi connectivity index (χ2n) is 5.15. The van der Waals surface area contributed by atoms with E-state index in [-0.39, 0.29) is 17.5 Å². The third kappa shape index (κ3) is 4.85. The van der Waals surface area contributed by atoms with Crippen molar-refractivity contribution in [1.82, 2.24) is 10.6 Å². The molecule has 0 spiro atoms. The second kappa shape index (κ2) is 7.98. The number of nitrogens with one attached hydrogen (secondary N) is 2. The maximum absolute atomic E-state index is 12.4. The summed E-state index contributed by atoms with van der Waals surface area (Å²) in [6, 6.07) is 10.6. The molecule has 2 aromatic rings. The molecule has 0 saturated carbocycles. The Labute approximate surface area is 135 Å². The molecule has 5 heteroatoms. The lowest BCUT2D eigenvalue weighted by Gasteiger charge is -2.10. The molecule has 2 rings (SSSR count). The molecule has 2 amide bonds. The summed E-state index contributed by atoms with van der Waals surface area (Å²) in [7, 11) is 0. The van der Waals surface area contributed by atoms with Crippen molar-refractivity contribution in [2.75, 3.05) is 6.54 Å². The molecule has 1 aromatic heterocycles. The molecule has 0 atom stereocenters. The molecule has 0 bridgehead atoms. The summed E-state index contributed by atoms with van der Waals surface area (Å²) < 4.78 is 5.22. The minimum atomic E-state index is -0.343. The third-order valence-corrected chi connectivity index (χ3v) is 3.14. The Morgan fingerprint density at radius 2 is 2.04 bits per heavy atom. The molecule has 120 valence electrons. The average molecular weight is 312 g/mol. The zero-order valence-electron chi connectivity index (χ0n) is 13.3. The van der Waals surface area contributed by atoms with Gasteiger partial charge in [-0.05, 0) is 37.6 Å². The van der Waals surface area contributed by atoms with E-state index in [1.165, 1.54) is 12.3 Å². The van der Waals surface area contributed by atoms with E-state index in [1.807, 2.05) is 19.9 Å². The highest BCUT2D eigenvalue weighted by Gasteiger charge is 2.14. The van der Waals surface area contributed by atoms with Crippen LogP contribution in [0.4, 0.5) is 0 Å². The van der Waals surface area contributed by atoms with Gasteiger partial charge in [0.05, 0.1) is 6.26 Å². The SMILES string of the molecule is CCCNC(=O)/C(=C/c1ccco1)NC(=O)c1cccc(C)c1. The number of carbonyl (C=O) groups excluding carboxylic acids is 2. The van der Waals surface area contributed by atoms with Crippen LogP contribution < -0.4 is 10.6 Å². The monoisotopic (exact) mass is 312 g/mol. The van der Waals surface area contributed by atoms with Crippen molar-refractivity contribution in [2.24, 2.45) is 0 Å². The van der Waals surface area contributed by atoms with E-state index < -0.39 is 0 Å². The van der Waals surface area contributed by atoms with Crippen molar-refractivity contribution in [1.29, 1.82) is 0 Å². The van der Waals surface area contributed by atoms with Gasteiger partial charge in [-0.25, -0.2) is 0 Å². The fraction of sp³-hybridized carbons (Fsp3) is 0.222. The summed E-state index contributed by atoms with van der Waals surface area (Å²) in [5.74, 6) is -0.182. The van der Waals surface area contributed by atoms with Gasteiger partial charge in [-0.15, -0.1) is 0 Å². The number of aryl methyl sites for hydroxylation is 1. The highest BCUT2D eigenvalue weighted by atomic mass is 16.3. The average Bonchev–Trinajstić information content (AvgIpc) is 3.05. The number of furan rings is 1. The van der Waals surface area contributed by atoms with E-state index in [1.54, 1.807) is 30.3 Å². The van der Waals surface area contributed by atoms with Gasteiger partial charge < -0.3 is 15.1 Å². The van der Waals surface area contributed by atoms with E-state index in [0.29, 0.717) is 17.9 Å². The van der Waals surface area contributed by atoms with Crippen LogP contribution in [-0.4, -0.2) is 18.4 Å². The van der Waals surface area contributed by atoms with E-state index >= 15 is 0 Å². The first kappa shape index (κ1) is 16.5. The first-order valence-electron chi connectivity index (χ1n) is 7.51. The van der Waals surface area contributed by atoms with Gasteiger partial charge in [0.1, 0.15) is 11.5 Å². The summed E-state index contributed by atoms with van der Waals surface area (Å²) in [6.07, 6.45) is 3.83. The van der Waals surface area contributed by atoms with E-state index in [2.05, 4.69) is 10.6 Å². The Bertz CT molecular complexity index is 703. The van der Waals surface area contributed by atoms with Crippen LogP contribution in [0.3, 0.4) is 0 Å². The van der Waals surface area contributed by atoms with Crippen molar-refractivity contribution in [3.05, 3.63) is 65.2 Å². The van der Waals surface area contributed by atoms with Crippen molar-refractivity contribution in [3.8, 4) is 0 Å². The van der Waals surface area contributed by atoms with Gasteiger partial charge in [0.15, 0.2) is 0 Å². The molecule has 0 unspecified atom stereocenters. The van der Waals surface area contributed by atoms with E-state index in [4.69, 9.17) is 4.42 Å². The molecular weight excluding hydrogens is 292 g/mol. The lowest BCUT2D eigenvalue weighted by molar-refractivity contribution is -0.117. The summed E-state index contributed by atoms with van der Waals surface area (Å²) in [6.45, 7) is 4.40. The van der Waals surface area contributed by atoms with Crippen LogP contribution in [-0.2, 0) is 4.79 Å². The zero-order valence-corrected chi connectivity index (χ0v) is 13.3. The van der Waals surface area contributed by atoms with Gasteiger partial charge in [-0.2, -0.15) is 0 Å². The maximum Gasteiger partial charge on any atom is 0.267 e. The molecular formula is C18H20N2O3. The topological polar surface area (TPSA) is 71.3 Å². The smallest absolute Gasteiger partial charge is 0.267 e. The van der Waals surface area contributed by atoms with Crippen LogP contribution in [0.2, 0.25) is 0 Å². The molecule has 5 nitrogen and oxygen atoms in total. The molecule has 23 heavy (non-hydrogen) atoms. The van der Waals surface area contributed by atoms with E-state index in [0.717, 1.165) is 12.0 Å². The molecule has 0 radical (unpaired) electrons. The number of rotatable bonds is 6. The van der Waals surface area contributed by atoms with Gasteiger partial charge in [0.2, 0.25) is 0 Å². The molecule has 0 fully saturated rings. The minimum Gasteiger partial charge on any atom is -0.465 e. The predicted molar refractivity (Wildman–Crippen MR) is 88.6 cm³/mol. The Kier molecular flexibility index (Phi) is 5.74. The standard InChI is InChI=1S/C18H20N2O3/c1-3-9-19-18(22)16(12-15-8-5-10-23-15)20-17(21)14-7-4-6-13(2)11-14/h4-8,10-12H,3,9H2,1-2H3,(H,19,22)(H,20,21)/b16-12-. The van der Waals surface area contributed by atoms with Crippen LogP contribution in [0.1, 0.15) is 35.0 Å². The van der Waals surface area contributed by atoms with Gasteiger partial charge >= 0.3 is 0 Å². The number of amides is 2. The Balaban J connectivity index is 2.20. The van der Waals surface area contributed by atoms with Gasteiger partial charge in [-0.1, -0.05) is 24.6 Å². The molecule has 0 saturated heterocycles. The van der Waals surface area contributed by atoms with Crippen LogP contribution >= 0.6 is 0 Å². The fourth-order valence-electron chi connectivity index (χ4n) is 1.99. The Hall–Kier alpha value is -2.82. The highest BCUT2D eigenvalue weighted by Crippen LogP contribution is 2.09. The summed E-state index contributed by atoms with van der Waals surface area (Å²) in [5.41, 5.74) is 1.63. The van der Waals surface area contributed by atoms with Gasteiger partial charge in [0, 0.05) is 18.2 Å². The Morgan fingerprint density at radius 1 is 1.22 bits per heavy atom. The van der Waals surface area contributed by atoms with Gasteiger partial charge in [-0.3, -0.25) is 9.59 Å². The first-order valence-corrected chi connectivity index (χ1v) is 7.51. The lowest BCUT2D eigenvalue weighted by Crippen LogP contribution is -2.35. The quantitative estimate of drug-likeness (QED) is 0.806.